The van der Waals surface area contributed by atoms with Crippen LogP contribution in [0, 0.1) is 0 Å². The number of thiophene rings is 2. The molecule has 2 rings (SSSR count). The normalized spacial score (nSPS) is 10.6. The molecule has 90 valence electrons. The number of aromatic hydroxyl groups is 2. The number of carbonyl (C=O) groups is 1. The fourth-order valence-corrected chi connectivity index (χ4v) is 3.86. The van der Waals surface area contributed by atoms with E-state index in [4.69, 9.17) is 0 Å². The van der Waals surface area contributed by atoms with Crippen molar-refractivity contribution in [2.24, 2.45) is 0 Å². The second kappa shape index (κ2) is 5.12. The zero-order chi connectivity index (χ0) is 12.4. The van der Waals surface area contributed by atoms with Crippen molar-refractivity contribution in [3.05, 3.63) is 22.4 Å². The molecule has 0 fully saturated rings. The van der Waals surface area contributed by atoms with Gasteiger partial charge in [0.2, 0.25) is 5.12 Å². The average molecular weight is 286 g/mol. The summed E-state index contributed by atoms with van der Waals surface area (Å²) >= 11 is 3.86. The van der Waals surface area contributed by atoms with Crippen molar-refractivity contribution in [1.29, 1.82) is 0 Å². The highest BCUT2D eigenvalue weighted by atomic mass is 32.2. The number of hydrogen-bond acceptors (Lipinski definition) is 6. The van der Waals surface area contributed by atoms with Gasteiger partial charge in [0.25, 0.3) is 0 Å². The maximum Gasteiger partial charge on any atom is 0.229 e. The van der Waals surface area contributed by atoms with Gasteiger partial charge in [-0.1, -0.05) is 18.7 Å². The van der Waals surface area contributed by atoms with Crippen LogP contribution in [-0.2, 0) is 0 Å². The number of hydrogen-bond donors (Lipinski definition) is 2. The SMILES string of the molecule is CCSC(=O)c1ccc(-c2scc(O)c2O)s1. The van der Waals surface area contributed by atoms with Crippen LogP contribution in [0.4, 0.5) is 0 Å². The highest BCUT2D eigenvalue weighted by Gasteiger charge is 2.15. The van der Waals surface area contributed by atoms with Crippen molar-refractivity contribution in [1.82, 2.24) is 0 Å². The monoisotopic (exact) mass is 286 g/mol. The zero-order valence-electron chi connectivity index (χ0n) is 8.97. The largest absolute Gasteiger partial charge is 0.504 e. The van der Waals surface area contributed by atoms with Crippen LogP contribution < -0.4 is 0 Å². The maximum absolute atomic E-state index is 11.6. The van der Waals surface area contributed by atoms with Crippen molar-refractivity contribution in [2.45, 2.75) is 6.92 Å². The Morgan fingerprint density at radius 1 is 1.41 bits per heavy atom. The van der Waals surface area contributed by atoms with E-state index >= 15 is 0 Å². The molecule has 0 saturated carbocycles. The van der Waals surface area contributed by atoms with Gasteiger partial charge < -0.3 is 10.2 Å². The summed E-state index contributed by atoms with van der Waals surface area (Å²) in [5.74, 6) is 0.519. The first-order chi connectivity index (χ1) is 8.13. The number of rotatable bonds is 3. The first-order valence-corrected chi connectivity index (χ1v) is 7.58. The molecule has 0 aromatic carbocycles. The van der Waals surface area contributed by atoms with Crippen LogP contribution in [-0.4, -0.2) is 21.1 Å². The quantitative estimate of drug-likeness (QED) is 0.901. The van der Waals surface area contributed by atoms with Gasteiger partial charge in [-0.05, 0) is 17.9 Å². The predicted octanol–water partition coefficient (Wildman–Crippen LogP) is 3.78. The van der Waals surface area contributed by atoms with E-state index in [1.54, 1.807) is 12.1 Å². The lowest BCUT2D eigenvalue weighted by Gasteiger charge is -1.94. The minimum Gasteiger partial charge on any atom is -0.504 e. The Balaban J connectivity index is 2.30. The first kappa shape index (κ1) is 12.5. The van der Waals surface area contributed by atoms with E-state index in [9.17, 15) is 15.0 Å². The Hall–Kier alpha value is -0.980. The lowest BCUT2D eigenvalue weighted by Crippen LogP contribution is -1.87. The molecular formula is C11H10O3S3. The molecule has 0 spiro atoms. The third-order valence-corrected chi connectivity index (χ3v) is 5.17. The summed E-state index contributed by atoms with van der Waals surface area (Å²) in [6.07, 6.45) is 0. The Bertz CT molecular complexity index is 542. The van der Waals surface area contributed by atoms with Gasteiger partial charge in [-0.3, -0.25) is 4.79 Å². The van der Waals surface area contributed by atoms with Crippen LogP contribution in [0.1, 0.15) is 16.6 Å². The second-order valence-electron chi connectivity index (χ2n) is 3.18. The van der Waals surface area contributed by atoms with Gasteiger partial charge in [0, 0.05) is 10.3 Å². The van der Waals surface area contributed by atoms with Gasteiger partial charge >= 0.3 is 0 Å². The molecule has 0 aliphatic rings. The molecule has 0 aliphatic heterocycles. The standard InChI is InChI=1S/C11H10O3S3/c1-2-15-11(14)8-4-3-7(17-8)10-9(13)6(12)5-16-10/h3-5,12-13H,2H2,1H3. The second-order valence-corrected chi connectivity index (χ2v) is 6.38. The van der Waals surface area contributed by atoms with E-state index in [0.29, 0.717) is 9.75 Å². The summed E-state index contributed by atoms with van der Waals surface area (Å²) in [6.45, 7) is 1.93. The van der Waals surface area contributed by atoms with Gasteiger partial charge in [0.15, 0.2) is 11.5 Å². The van der Waals surface area contributed by atoms with E-state index < -0.39 is 0 Å². The van der Waals surface area contributed by atoms with Gasteiger partial charge in [-0.15, -0.1) is 22.7 Å². The van der Waals surface area contributed by atoms with E-state index in [2.05, 4.69) is 0 Å². The Kier molecular flexibility index (Phi) is 3.76. The van der Waals surface area contributed by atoms with Gasteiger partial charge in [-0.25, -0.2) is 0 Å². The van der Waals surface area contributed by atoms with Gasteiger partial charge in [0.05, 0.1) is 9.75 Å². The minimum absolute atomic E-state index is 0.0454. The molecule has 2 heterocycles. The zero-order valence-corrected chi connectivity index (χ0v) is 11.4. The van der Waals surface area contributed by atoms with Crippen molar-refractivity contribution in [3.63, 3.8) is 0 Å². The summed E-state index contributed by atoms with van der Waals surface area (Å²) in [7, 11) is 0. The Morgan fingerprint density at radius 2 is 2.18 bits per heavy atom. The van der Waals surface area contributed by atoms with Crippen LogP contribution >= 0.6 is 34.4 Å². The molecule has 17 heavy (non-hydrogen) atoms. The summed E-state index contributed by atoms with van der Waals surface area (Å²) in [6, 6.07) is 3.54. The molecular weight excluding hydrogens is 276 g/mol. The first-order valence-electron chi connectivity index (χ1n) is 4.90. The predicted molar refractivity (Wildman–Crippen MR) is 73.4 cm³/mol. The average Bonchev–Trinajstić information content (AvgIpc) is 2.88. The lowest BCUT2D eigenvalue weighted by molar-refractivity contribution is 0.109. The molecule has 0 saturated heterocycles. The molecule has 2 aromatic heterocycles. The molecule has 0 radical (unpaired) electrons. The fraction of sp³-hybridized carbons (Fsp3) is 0.182. The molecule has 0 atom stereocenters. The summed E-state index contributed by atoms with van der Waals surface area (Å²) in [4.78, 5) is 13.7. The summed E-state index contributed by atoms with van der Waals surface area (Å²) in [5, 5.41) is 20.4. The molecule has 0 unspecified atom stereocenters. The molecule has 2 aromatic rings. The van der Waals surface area contributed by atoms with E-state index in [0.717, 1.165) is 10.6 Å². The smallest absolute Gasteiger partial charge is 0.229 e. The van der Waals surface area contributed by atoms with Crippen molar-refractivity contribution in [3.8, 4) is 21.3 Å². The third-order valence-electron chi connectivity index (χ3n) is 2.05. The van der Waals surface area contributed by atoms with Crippen LogP contribution in [0.3, 0.4) is 0 Å². The molecule has 3 nitrogen and oxygen atoms in total. The van der Waals surface area contributed by atoms with Gasteiger partial charge in [-0.2, -0.15) is 0 Å². The molecule has 2 N–H and O–H groups in total. The van der Waals surface area contributed by atoms with Gasteiger partial charge in [0.1, 0.15) is 0 Å². The van der Waals surface area contributed by atoms with E-state index in [1.165, 1.54) is 39.8 Å². The minimum atomic E-state index is -0.116. The lowest BCUT2D eigenvalue weighted by atomic mass is 10.3. The van der Waals surface area contributed by atoms with Crippen LogP contribution in [0.5, 0.6) is 11.5 Å². The fourth-order valence-electron chi connectivity index (χ4n) is 1.29. The molecule has 0 bridgehead atoms. The van der Waals surface area contributed by atoms with Crippen LogP contribution in [0.25, 0.3) is 9.75 Å². The van der Waals surface area contributed by atoms with Crippen LogP contribution in [0.2, 0.25) is 0 Å². The maximum atomic E-state index is 11.6. The summed E-state index contributed by atoms with van der Waals surface area (Å²) < 4.78 is 0. The van der Waals surface area contributed by atoms with Crippen molar-refractivity contribution in [2.75, 3.05) is 5.75 Å². The van der Waals surface area contributed by atoms with Crippen molar-refractivity contribution >= 4 is 39.6 Å². The molecule has 0 aliphatic carbocycles. The topological polar surface area (TPSA) is 57.5 Å². The van der Waals surface area contributed by atoms with E-state index in [-0.39, 0.29) is 16.6 Å². The summed E-state index contributed by atoms with van der Waals surface area (Å²) in [5.41, 5.74) is 0. The molecule has 6 heteroatoms. The van der Waals surface area contributed by atoms with Crippen LogP contribution in [0.15, 0.2) is 17.5 Å². The Morgan fingerprint density at radius 3 is 2.76 bits per heavy atom. The number of thioether (sulfide) groups is 1. The molecule has 0 amide bonds. The highest BCUT2D eigenvalue weighted by molar-refractivity contribution is 8.14. The van der Waals surface area contributed by atoms with Crippen molar-refractivity contribution < 1.29 is 15.0 Å². The highest BCUT2D eigenvalue weighted by Crippen LogP contribution is 2.44. The van der Waals surface area contributed by atoms with E-state index in [1.807, 2.05) is 6.92 Å². The third kappa shape index (κ3) is 2.48. The number of carbonyl (C=O) groups excluding carboxylic acids is 1. The Labute approximate surface area is 111 Å².